The number of piperidine rings is 2. The molecule has 2 aromatic rings. The van der Waals surface area contributed by atoms with Gasteiger partial charge in [-0.3, -0.25) is 4.79 Å². The third-order valence-electron chi connectivity index (χ3n) is 9.27. The van der Waals surface area contributed by atoms with Gasteiger partial charge in [0, 0.05) is 56.6 Å². The first-order chi connectivity index (χ1) is 19.2. The topological polar surface area (TPSA) is 81.8 Å². The van der Waals surface area contributed by atoms with Crippen molar-refractivity contribution in [2.24, 2.45) is 0 Å². The molecule has 2 heterocycles. The van der Waals surface area contributed by atoms with Crippen molar-refractivity contribution in [3.8, 4) is 0 Å². The summed E-state index contributed by atoms with van der Waals surface area (Å²) in [6, 6.07) is 18.3. The van der Waals surface area contributed by atoms with Gasteiger partial charge in [-0.25, -0.2) is 12.7 Å². The van der Waals surface area contributed by atoms with Crippen LogP contribution in [0.3, 0.4) is 0 Å². The van der Waals surface area contributed by atoms with Crippen LogP contribution < -0.4 is 10.6 Å². The molecule has 2 aliphatic heterocycles. The van der Waals surface area contributed by atoms with Gasteiger partial charge < -0.3 is 15.5 Å². The van der Waals surface area contributed by atoms with E-state index in [4.69, 9.17) is 0 Å². The van der Waals surface area contributed by atoms with Gasteiger partial charge in [-0.1, -0.05) is 52.0 Å². The van der Waals surface area contributed by atoms with Gasteiger partial charge in [0.15, 0.2) is 0 Å². The molecule has 7 nitrogen and oxygen atoms in total. The predicted octanol–water partition coefficient (Wildman–Crippen LogP) is 5.98. The molecule has 1 amide bonds. The number of hydrogen-bond donors (Lipinski definition) is 2. The molecule has 2 aliphatic rings. The van der Waals surface area contributed by atoms with E-state index in [1.54, 1.807) is 11.2 Å². The average molecular weight is 583 g/mol. The number of nitrogens with one attached hydrogen (secondary N) is 2. The lowest BCUT2D eigenvalue weighted by Crippen LogP contribution is -2.41. The van der Waals surface area contributed by atoms with Crippen LogP contribution in [0.5, 0.6) is 0 Å². The Morgan fingerprint density at radius 1 is 0.780 bits per heavy atom. The first-order valence-electron chi connectivity index (χ1n) is 15.2. The molecule has 226 valence electrons. The molecule has 2 fully saturated rings. The van der Waals surface area contributed by atoms with Gasteiger partial charge in [-0.15, -0.1) is 0 Å². The minimum atomic E-state index is -3.11. The van der Waals surface area contributed by atoms with E-state index in [1.165, 1.54) is 17.4 Å². The third-order valence-corrected chi connectivity index (χ3v) is 10.6. The zero-order chi connectivity index (χ0) is 29.8. The van der Waals surface area contributed by atoms with Gasteiger partial charge in [-0.2, -0.15) is 0 Å². The van der Waals surface area contributed by atoms with E-state index in [-0.39, 0.29) is 22.8 Å². The van der Waals surface area contributed by atoms with Gasteiger partial charge in [0.05, 0.1) is 6.26 Å². The molecule has 0 spiro atoms. The highest BCUT2D eigenvalue weighted by atomic mass is 32.2. The molecular formula is C33H50N4O3S. The molecule has 8 heteroatoms. The molecule has 4 rings (SSSR count). The molecule has 0 unspecified atom stereocenters. The second kappa shape index (κ2) is 12.7. The highest BCUT2D eigenvalue weighted by Crippen LogP contribution is 2.37. The zero-order valence-corrected chi connectivity index (χ0v) is 26.7. The van der Waals surface area contributed by atoms with Crippen LogP contribution in [0, 0.1) is 0 Å². The number of likely N-dealkylation sites (tertiary alicyclic amines) is 1. The van der Waals surface area contributed by atoms with Gasteiger partial charge in [0.2, 0.25) is 15.9 Å². The van der Waals surface area contributed by atoms with Crippen LogP contribution >= 0.6 is 0 Å². The Morgan fingerprint density at radius 2 is 1.20 bits per heavy atom. The van der Waals surface area contributed by atoms with Crippen LogP contribution in [0.15, 0.2) is 48.5 Å². The van der Waals surface area contributed by atoms with Crippen LogP contribution in [-0.4, -0.2) is 68.0 Å². The van der Waals surface area contributed by atoms with Gasteiger partial charge in [0.1, 0.15) is 0 Å². The quantitative estimate of drug-likeness (QED) is 0.360. The molecule has 0 radical (unpaired) electrons. The number of nitrogens with zero attached hydrogens (tertiary/aromatic N) is 2. The number of benzene rings is 2. The number of carbonyl (C=O) groups is 1. The van der Waals surface area contributed by atoms with Crippen molar-refractivity contribution in [3.63, 3.8) is 0 Å². The first-order valence-corrected chi connectivity index (χ1v) is 17.0. The molecule has 0 saturated carbocycles. The number of carbonyl (C=O) groups excluding carboxylic acids is 1. The number of hydrogen-bond acceptors (Lipinski definition) is 5. The smallest absolute Gasteiger partial charge is 0.219 e. The summed E-state index contributed by atoms with van der Waals surface area (Å²) in [5.41, 5.74) is 4.97. The van der Waals surface area contributed by atoms with Crippen molar-refractivity contribution in [1.29, 1.82) is 0 Å². The molecular weight excluding hydrogens is 532 g/mol. The summed E-state index contributed by atoms with van der Waals surface area (Å²) in [7, 11) is -3.11. The monoisotopic (exact) mass is 582 g/mol. The largest absolute Gasteiger partial charge is 0.382 e. The minimum absolute atomic E-state index is 0.00908. The normalized spacial score (nSPS) is 18.3. The predicted molar refractivity (Wildman–Crippen MR) is 170 cm³/mol. The molecule has 41 heavy (non-hydrogen) atoms. The average Bonchev–Trinajstić information content (AvgIpc) is 2.92. The van der Waals surface area contributed by atoms with E-state index in [0.717, 1.165) is 63.0 Å². The van der Waals surface area contributed by atoms with Crippen molar-refractivity contribution in [3.05, 3.63) is 59.7 Å². The van der Waals surface area contributed by atoms with E-state index in [2.05, 4.69) is 86.9 Å². The molecule has 0 atom stereocenters. The van der Waals surface area contributed by atoms with Crippen molar-refractivity contribution in [2.45, 2.75) is 96.1 Å². The number of anilines is 2. The Morgan fingerprint density at radius 3 is 1.59 bits per heavy atom. The third kappa shape index (κ3) is 8.48. The highest BCUT2D eigenvalue weighted by Gasteiger charge is 2.29. The summed E-state index contributed by atoms with van der Waals surface area (Å²) in [6.07, 6.45) is 7.01. The van der Waals surface area contributed by atoms with Crippen LogP contribution in [0.2, 0.25) is 0 Å². The molecule has 0 aromatic heterocycles. The first kappa shape index (κ1) is 31.4. The maximum Gasteiger partial charge on any atom is 0.219 e. The van der Waals surface area contributed by atoms with Gasteiger partial charge in [-0.05, 0) is 84.7 Å². The summed E-state index contributed by atoms with van der Waals surface area (Å²) in [6.45, 7) is 13.8. The van der Waals surface area contributed by atoms with Crippen LogP contribution in [0.1, 0.15) is 84.3 Å². The Labute approximate surface area is 248 Å². The number of sulfonamides is 1. The van der Waals surface area contributed by atoms with Gasteiger partial charge in [0.25, 0.3) is 0 Å². The fourth-order valence-corrected chi connectivity index (χ4v) is 6.99. The Bertz CT molecular complexity index is 1290. The summed E-state index contributed by atoms with van der Waals surface area (Å²) in [5, 5.41) is 7.39. The SMILES string of the molecule is CC(=O)N1CCC(Nc2cccc(C(C)(C)CCC(C)(C)c3cccc(NC4CCN(S(C)(=O)=O)CC4)c3)c2)CC1. The minimum Gasteiger partial charge on any atom is -0.382 e. The standard InChI is InChI=1S/C33H50N4O3S/c1-25(38)36-19-13-28(14-20-36)34-30-11-7-9-26(23-30)32(2,3)17-18-33(4,5)27-10-8-12-31(24-27)35-29-15-21-37(22-16-29)41(6,39)40/h7-12,23-24,28-29,34-35H,13-22H2,1-6H3. The van der Waals surface area contributed by atoms with Crippen LogP contribution in [0.25, 0.3) is 0 Å². The summed E-state index contributed by atoms with van der Waals surface area (Å²) in [5.74, 6) is 0.172. The van der Waals surface area contributed by atoms with E-state index in [1.807, 2.05) is 4.90 Å². The van der Waals surface area contributed by atoms with Crippen LogP contribution in [0.4, 0.5) is 11.4 Å². The lowest BCUT2D eigenvalue weighted by molar-refractivity contribution is -0.129. The molecule has 2 N–H and O–H groups in total. The van der Waals surface area contributed by atoms with E-state index >= 15 is 0 Å². The summed E-state index contributed by atoms with van der Waals surface area (Å²) in [4.78, 5) is 13.6. The maximum absolute atomic E-state index is 11.8. The lowest BCUT2D eigenvalue weighted by atomic mass is 9.72. The Balaban J connectivity index is 1.34. The molecule has 2 aromatic carbocycles. The Kier molecular flexibility index (Phi) is 9.74. The van der Waals surface area contributed by atoms with E-state index in [0.29, 0.717) is 19.1 Å². The lowest BCUT2D eigenvalue weighted by Gasteiger charge is -2.34. The van der Waals surface area contributed by atoms with E-state index < -0.39 is 10.0 Å². The van der Waals surface area contributed by atoms with Crippen LogP contribution in [-0.2, 0) is 25.6 Å². The molecule has 2 saturated heterocycles. The second-order valence-electron chi connectivity index (χ2n) is 13.4. The van der Waals surface area contributed by atoms with Crippen molar-refractivity contribution < 1.29 is 13.2 Å². The molecule has 0 bridgehead atoms. The molecule has 0 aliphatic carbocycles. The Hall–Kier alpha value is -2.58. The number of amides is 1. The fourth-order valence-electron chi connectivity index (χ4n) is 6.12. The summed E-state index contributed by atoms with van der Waals surface area (Å²) < 4.78 is 25.3. The van der Waals surface area contributed by atoms with Gasteiger partial charge >= 0.3 is 0 Å². The van der Waals surface area contributed by atoms with E-state index in [9.17, 15) is 13.2 Å². The van der Waals surface area contributed by atoms with Crippen molar-refractivity contribution in [1.82, 2.24) is 9.21 Å². The highest BCUT2D eigenvalue weighted by molar-refractivity contribution is 7.88. The zero-order valence-electron chi connectivity index (χ0n) is 25.9. The summed E-state index contributed by atoms with van der Waals surface area (Å²) >= 11 is 0. The maximum atomic E-state index is 11.8. The second-order valence-corrected chi connectivity index (χ2v) is 15.4. The van der Waals surface area contributed by atoms with Crippen molar-refractivity contribution in [2.75, 3.05) is 43.1 Å². The van der Waals surface area contributed by atoms with Crippen molar-refractivity contribution >= 4 is 27.3 Å². The fraction of sp³-hybridized carbons (Fsp3) is 0.606. The number of rotatable bonds is 10.